The molecular formula is C11H13FN2O2. The molecule has 1 aromatic heterocycles. The lowest BCUT2D eigenvalue weighted by molar-refractivity contribution is 0.0198. The summed E-state index contributed by atoms with van der Waals surface area (Å²) in [5.74, 6) is -0.858. The number of likely N-dealkylation sites (tertiary alicyclic amines) is 1. The first-order valence-corrected chi connectivity index (χ1v) is 5.13. The van der Waals surface area contributed by atoms with Crippen LogP contribution in [0.5, 0.6) is 0 Å². The first kappa shape index (κ1) is 11.0. The van der Waals surface area contributed by atoms with Crippen molar-refractivity contribution in [1.29, 1.82) is 0 Å². The van der Waals surface area contributed by atoms with Crippen LogP contribution in [0.25, 0.3) is 0 Å². The van der Waals surface area contributed by atoms with E-state index in [4.69, 9.17) is 4.74 Å². The summed E-state index contributed by atoms with van der Waals surface area (Å²) in [7, 11) is 1.59. The van der Waals surface area contributed by atoms with Gasteiger partial charge in [0.1, 0.15) is 0 Å². The summed E-state index contributed by atoms with van der Waals surface area (Å²) in [6.45, 7) is 1.16. The molecule has 1 aromatic rings. The van der Waals surface area contributed by atoms with Crippen molar-refractivity contribution in [2.45, 2.75) is 12.5 Å². The Hall–Kier alpha value is -1.49. The van der Waals surface area contributed by atoms with Gasteiger partial charge < -0.3 is 9.64 Å². The van der Waals surface area contributed by atoms with Crippen molar-refractivity contribution in [3.63, 3.8) is 0 Å². The third-order valence-electron chi connectivity index (χ3n) is 2.77. The van der Waals surface area contributed by atoms with E-state index in [9.17, 15) is 9.18 Å². The number of hydrogen-bond acceptors (Lipinski definition) is 3. The molecule has 0 radical (unpaired) electrons. The average Bonchev–Trinajstić information content (AvgIpc) is 2.25. The monoisotopic (exact) mass is 224 g/mol. The fraction of sp³-hybridized carbons (Fsp3) is 0.455. The topological polar surface area (TPSA) is 42.4 Å². The predicted octanol–water partition coefficient (Wildman–Crippen LogP) is 1.08. The molecule has 1 aliphatic rings. The fourth-order valence-electron chi connectivity index (χ4n) is 1.78. The first-order chi connectivity index (χ1) is 7.74. The van der Waals surface area contributed by atoms with Crippen LogP contribution in [-0.2, 0) is 4.74 Å². The highest BCUT2D eigenvalue weighted by Gasteiger charge is 2.33. The van der Waals surface area contributed by atoms with Crippen molar-refractivity contribution < 1.29 is 13.9 Å². The Balaban J connectivity index is 2.11. The third kappa shape index (κ3) is 1.90. The minimum absolute atomic E-state index is 0.0741. The molecule has 5 heteroatoms. The van der Waals surface area contributed by atoms with Gasteiger partial charge in [-0.3, -0.25) is 9.78 Å². The fourth-order valence-corrected chi connectivity index (χ4v) is 1.78. The van der Waals surface area contributed by atoms with Crippen molar-refractivity contribution in [1.82, 2.24) is 9.88 Å². The molecule has 2 rings (SSSR count). The van der Waals surface area contributed by atoms with Gasteiger partial charge in [0.25, 0.3) is 5.91 Å². The largest absolute Gasteiger partial charge is 0.383 e. The number of pyridine rings is 1. The van der Waals surface area contributed by atoms with E-state index in [1.807, 2.05) is 0 Å². The second-order valence-electron chi connectivity index (χ2n) is 3.75. The molecule has 0 bridgehead atoms. The molecule has 1 fully saturated rings. The van der Waals surface area contributed by atoms with Gasteiger partial charge in [0, 0.05) is 19.9 Å². The van der Waals surface area contributed by atoms with Gasteiger partial charge in [-0.25, -0.2) is 4.39 Å². The van der Waals surface area contributed by atoms with E-state index in [0.717, 1.165) is 12.6 Å². The van der Waals surface area contributed by atoms with Gasteiger partial charge in [-0.05, 0) is 12.5 Å². The Morgan fingerprint density at radius 1 is 1.75 bits per heavy atom. The molecule has 0 spiro atoms. The van der Waals surface area contributed by atoms with Crippen LogP contribution in [0, 0.1) is 5.82 Å². The van der Waals surface area contributed by atoms with Gasteiger partial charge in [0.15, 0.2) is 5.82 Å². The summed E-state index contributed by atoms with van der Waals surface area (Å²) in [6, 6.07) is 1.48. The zero-order chi connectivity index (χ0) is 11.5. The van der Waals surface area contributed by atoms with E-state index >= 15 is 0 Å². The Kier molecular flexibility index (Phi) is 3.14. The summed E-state index contributed by atoms with van der Waals surface area (Å²) >= 11 is 0. The highest BCUT2D eigenvalue weighted by molar-refractivity contribution is 5.95. The van der Waals surface area contributed by atoms with E-state index in [2.05, 4.69) is 4.98 Å². The summed E-state index contributed by atoms with van der Waals surface area (Å²) in [5, 5.41) is 0. The highest BCUT2D eigenvalue weighted by Crippen LogP contribution is 2.21. The van der Waals surface area contributed by atoms with Crippen molar-refractivity contribution in [3.05, 3.63) is 29.8 Å². The Labute approximate surface area is 93.0 Å². The minimum Gasteiger partial charge on any atom is -0.383 e. The van der Waals surface area contributed by atoms with Crippen molar-refractivity contribution in [2.75, 3.05) is 20.3 Å². The Morgan fingerprint density at radius 2 is 2.56 bits per heavy atom. The van der Waals surface area contributed by atoms with E-state index in [1.54, 1.807) is 12.0 Å². The lowest BCUT2D eigenvalue weighted by Gasteiger charge is -2.40. The van der Waals surface area contributed by atoms with E-state index in [1.165, 1.54) is 12.3 Å². The number of halogens is 1. The normalized spacial score (nSPS) is 19.4. The second-order valence-corrected chi connectivity index (χ2v) is 3.75. The standard InChI is InChI=1S/C11H13FN2O2/c1-16-7-8-3-5-14(8)11(15)9-2-4-13-6-10(9)12/h2,4,6,8H,3,5,7H2,1H3/t8-/m1/s1. The lowest BCUT2D eigenvalue weighted by atomic mass is 10.0. The van der Waals surface area contributed by atoms with E-state index in [0.29, 0.717) is 13.2 Å². The van der Waals surface area contributed by atoms with Gasteiger partial charge in [-0.2, -0.15) is 0 Å². The summed E-state index contributed by atoms with van der Waals surface area (Å²) < 4.78 is 18.3. The molecule has 4 nitrogen and oxygen atoms in total. The number of rotatable bonds is 3. The molecule has 1 saturated heterocycles. The molecule has 86 valence electrons. The van der Waals surface area contributed by atoms with E-state index < -0.39 is 5.82 Å². The average molecular weight is 224 g/mol. The minimum atomic E-state index is -0.574. The number of aromatic nitrogens is 1. The molecule has 0 saturated carbocycles. The molecule has 2 heterocycles. The number of nitrogens with zero attached hydrogens (tertiary/aromatic N) is 2. The number of carbonyl (C=O) groups excluding carboxylic acids is 1. The number of hydrogen-bond donors (Lipinski definition) is 0. The van der Waals surface area contributed by atoms with Gasteiger partial charge >= 0.3 is 0 Å². The third-order valence-corrected chi connectivity index (χ3v) is 2.77. The molecule has 0 aliphatic carbocycles. The maximum Gasteiger partial charge on any atom is 0.257 e. The summed E-state index contributed by atoms with van der Waals surface area (Å²) in [4.78, 5) is 17.2. The highest BCUT2D eigenvalue weighted by atomic mass is 19.1. The van der Waals surface area contributed by atoms with Crippen LogP contribution in [-0.4, -0.2) is 42.1 Å². The van der Waals surface area contributed by atoms with Gasteiger partial charge in [0.05, 0.1) is 24.4 Å². The molecule has 1 atom stereocenters. The predicted molar refractivity (Wildman–Crippen MR) is 55.5 cm³/mol. The number of methoxy groups -OCH3 is 1. The summed E-state index contributed by atoms with van der Waals surface area (Å²) in [6.07, 6.45) is 3.38. The van der Waals surface area contributed by atoms with Crippen LogP contribution < -0.4 is 0 Å². The SMILES string of the molecule is COC[C@H]1CCN1C(=O)c1ccncc1F. The molecule has 0 N–H and O–H groups in total. The Bertz CT molecular complexity index is 397. The molecular weight excluding hydrogens is 211 g/mol. The smallest absolute Gasteiger partial charge is 0.257 e. The summed E-state index contributed by atoms with van der Waals surface area (Å²) in [5.41, 5.74) is 0.0794. The van der Waals surface area contributed by atoms with Crippen LogP contribution in [0.2, 0.25) is 0 Å². The van der Waals surface area contributed by atoms with Crippen LogP contribution >= 0.6 is 0 Å². The number of carbonyl (C=O) groups is 1. The maximum absolute atomic E-state index is 13.3. The van der Waals surface area contributed by atoms with Crippen molar-refractivity contribution in [2.24, 2.45) is 0 Å². The first-order valence-electron chi connectivity index (χ1n) is 5.13. The number of amides is 1. The van der Waals surface area contributed by atoms with E-state index in [-0.39, 0.29) is 17.5 Å². The van der Waals surface area contributed by atoms with Gasteiger partial charge in [-0.1, -0.05) is 0 Å². The molecule has 16 heavy (non-hydrogen) atoms. The quantitative estimate of drug-likeness (QED) is 0.771. The van der Waals surface area contributed by atoms with Crippen LogP contribution in [0.1, 0.15) is 16.8 Å². The lowest BCUT2D eigenvalue weighted by Crippen LogP contribution is -2.53. The van der Waals surface area contributed by atoms with Gasteiger partial charge in [-0.15, -0.1) is 0 Å². The van der Waals surface area contributed by atoms with Crippen LogP contribution in [0.4, 0.5) is 4.39 Å². The molecule has 1 aliphatic heterocycles. The maximum atomic E-state index is 13.3. The zero-order valence-electron chi connectivity index (χ0n) is 9.02. The Morgan fingerprint density at radius 3 is 3.12 bits per heavy atom. The molecule has 0 unspecified atom stereocenters. The van der Waals surface area contributed by atoms with Crippen LogP contribution in [0.3, 0.4) is 0 Å². The molecule has 1 amide bonds. The van der Waals surface area contributed by atoms with Crippen LogP contribution in [0.15, 0.2) is 18.5 Å². The number of ether oxygens (including phenoxy) is 1. The molecule has 0 aromatic carbocycles. The zero-order valence-corrected chi connectivity index (χ0v) is 9.02. The van der Waals surface area contributed by atoms with Crippen molar-refractivity contribution >= 4 is 5.91 Å². The van der Waals surface area contributed by atoms with Crippen molar-refractivity contribution in [3.8, 4) is 0 Å². The van der Waals surface area contributed by atoms with Gasteiger partial charge in [0.2, 0.25) is 0 Å². The second kappa shape index (κ2) is 4.57.